The number of H-pyrrole nitrogens is 1. The third kappa shape index (κ3) is 2.31. The summed E-state index contributed by atoms with van der Waals surface area (Å²) in [5, 5.41) is 7.48. The third-order valence-corrected chi connectivity index (χ3v) is 5.26. The number of methoxy groups -OCH3 is 1. The summed E-state index contributed by atoms with van der Waals surface area (Å²) in [6.07, 6.45) is 1.07. The molecule has 1 atom stereocenters. The van der Waals surface area contributed by atoms with Crippen LogP contribution in [0.4, 0.5) is 0 Å². The maximum atomic E-state index is 5.33. The number of fused-ring (bicyclic) bond motifs is 4. The molecule has 124 valence electrons. The van der Waals surface area contributed by atoms with E-state index in [1.807, 2.05) is 6.07 Å². The first kappa shape index (κ1) is 14.6. The lowest BCUT2D eigenvalue weighted by molar-refractivity contribution is 0.415. The van der Waals surface area contributed by atoms with Gasteiger partial charge in [-0.15, -0.1) is 0 Å². The molecule has 2 heterocycles. The number of hydrogen-bond donors (Lipinski definition) is 2. The number of ether oxygens (including phenoxy) is 1. The first-order valence-corrected chi connectivity index (χ1v) is 8.74. The zero-order valence-electron chi connectivity index (χ0n) is 14.2. The number of benzene rings is 3. The lowest BCUT2D eigenvalue weighted by atomic mass is 9.93. The van der Waals surface area contributed by atoms with Crippen molar-refractivity contribution >= 4 is 21.7 Å². The van der Waals surface area contributed by atoms with E-state index in [-0.39, 0.29) is 6.04 Å². The van der Waals surface area contributed by atoms with Gasteiger partial charge in [0.2, 0.25) is 0 Å². The molecule has 0 bridgehead atoms. The van der Waals surface area contributed by atoms with Gasteiger partial charge in [0.1, 0.15) is 5.75 Å². The first-order valence-electron chi connectivity index (χ1n) is 8.74. The Kier molecular flexibility index (Phi) is 3.28. The van der Waals surface area contributed by atoms with Gasteiger partial charge in [-0.2, -0.15) is 0 Å². The number of para-hydroxylation sites is 1. The Labute approximate surface area is 146 Å². The fourth-order valence-electron chi connectivity index (χ4n) is 4.01. The molecule has 3 heteroatoms. The highest BCUT2D eigenvalue weighted by Crippen LogP contribution is 2.34. The molecule has 3 aromatic carbocycles. The Morgan fingerprint density at radius 1 is 0.960 bits per heavy atom. The van der Waals surface area contributed by atoms with Gasteiger partial charge in [-0.3, -0.25) is 0 Å². The molecular formula is C22H20N2O. The van der Waals surface area contributed by atoms with Gasteiger partial charge in [-0.05, 0) is 52.6 Å². The highest BCUT2D eigenvalue weighted by atomic mass is 16.5. The quantitative estimate of drug-likeness (QED) is 0.566. The predicted molar refractivity (Wildman–Crippen MR) is 102 cm³/mol. The normalized spacial score (nSPS) is 16.9. The van der Waals surface area contributed by atoms with E-state index >= 15 is 0 Å². The van der Waals surface area contributed by atoms with Crippen molar-refractivity contribution in [1.29, 1.82) is 0 Å². The second-order valence-electron chi connectivity index (χ2n) is 6.67. The molecule has 2 N–H and O–H groups in total. The van der Waals surface area contributed by atoms with Gasteiger partial charge in [0.05, 0.1) is 13.2 Å². The van der Waals surface area contributed by atoms with Gasteiger partial charge in [0.25, 0.3) is 0 Å². The number of aromatic amines is 1. The maximum absolute atomic E-state index is 5.33. The van der Waals surface area contributed by atoms with Crippen LogP contribution in [0.1, 0.15) is 22.9 Å². The molecule has 1 aliphatic rings. The molecule has 0 aliphatic carbocycles. The van der Waals surface area contributed by atoms with Crippen molar-refractivity contribution in [3.8, 4) is 5.75 Å². The predicted octanol–water partition coefficient (Wildman–Crippen LogP) is 4.56. The number of nitrogens with one attached hydrogen (secondary N) is 2. The van der Waals surface area contributed by atoms with Crippen LogP contribution in [0.2, 0.25) is 0 Å². The van der Waals surface area contributed by atoms with E-state index in [1.54, 1.807) is 7.11 Å². The number of rotatable bonds is 2. The lowest BCUT2D eigenvalue weighted by Crippen LogP contribution is -2.30. The molecule has 0 radical (unpaired) electrons. The standard InChI is InChI=1S/C22H20N2O/c1-25-17-9-8-14-12-16(7-6-15(14)13-17)21-22-19(10-11-23-21)18-4-2-3-5-20(18)24-22/h2-9,12-13,21,23-24H,10-11H2,1H3. The van der Waals surface area contributed by atoms with Crippen LogP contribution in [0.15, 0.2) is 60.7 Å². The number of aromatic nitrogens is 1. The van der Waals surface area contributed by atoms with Crippen molar-refractivity contribution in [1.82, 2.24) is 10.3 Å². The topological polar surface area (TPSA) is 37.0 Å². The molecule has 0 amide bonds. The Balaban J connectivity index is 1.63. The Hall–Kier alpha value is -2.78. The Bertz CT molecular complexity index is 1080. The van der Waals surface area contributed by atoms with Crippen molar-refractivity contribution in [2.24, 2.45) is 0 Å². The average molecular weight is 328 g/mol. The molecule has 0 saturated carbocycles. The summed E-state index contributed by atoms with van der Waals surface area (Å²) in [5.74, 6) is 0.897. The van der Waals surface area contributed by atoms with Gasteiger partial charge < -0.3 is 15.0 Å². The van der Waals surface area contributed by atoms with E-state index < -0.39 is 0 Å². The molecule has 5 rings (SSSR count). The fraction of sp³-hybridized carbons (Fsp3) is 0.182. The SMILES string of the molecule is COc1ccc2cc(C3NCCc4c3[nH]c3ccccc43)ccc2c1. The summed E-state index contributed by atoms with van der Waals surface area (Å²) in [6, 6.07) is 21.7. The maximum Gasteiger partial charge on any atom is 0.119 e. The van der Waals surface area contributed by atoms with Gasteiger partial charge in [0, 0.05) is 23.1 Å². The minimum Gasteiger partial charge on any atom is -0.497 e. The molecular weight excluding hydrogens is 308 g/mol. The van der Waals surface area contributed by atoms with Crippen molar-refractivity contribution in [3.05, 3.63) is 77.5 Å². The third-order valence-electron chi connectivity index (χ3n) is 5.26. The summed E-state index contributed by atoms with van der Waals surface area (Å²) in [6.45, 7) is 1.00. The Morgan fingerprint density at radius 3 is 2.72 bits per heavy atom. The summed E-state index contributed by atoms with van der Waals surface area (Å²) < 4.78 is 5.33. The molecule has 3 nitrogen and oxygen atoms in total. The van der Waals surface area contributed by atoms with Gasteiger partial charge >= 0.3 is 0 Å². The van der Waals surface area contributed by atoms with Crippen LogP contribution in [-0.4, -0.2) is 18.6 Å². The molecule has 0 saturated heterocycles. The highest BCUT2D eigenvalue weighted by molar-refractivity contribution is 5.86. The van der Waals surface area contributed by atoms with Crippen LogP contribution in [0.3, 0.4) is 0 Å². The van der Waals surface area contributed by atoms with E-state index in [9.17, 15) is 0 Å². The van der Waals surface area contributed by atoms with E-state index in [2.05, 4.69) is 64.9 Å². The van der Waals surface area contributed by atoms with Crippen LogP contribution >= 0.6 is 0 Å². The second-order valence-corrected chi connectivity index (χ2v) is 6.67. The average Bonchev–Trinajstić information content (AvgIpc) is 3.06. The zero-order valence-corrected chi connectivity index (χ0v) is 14.2. The summed E-state index contributed by atoms with van der Waals surface area (Å²) >= 11 is 0. The lowest BCUT2D eigenvalue weighted by Gasteiger charge is -2.25. The zero-order chi connectivity index (χ0) is 16.8. The number of hydrogen-bond acceptors (Lipinski definition) is 2. The van der Waals surface area contributed by atoms with E-state index in [4.69, 9.17) is 4.74 Å². The summed E-state index contributed by atoms with van der Waals surface area (Å²) in [7, 11) is 1.71. The van der Waals surface area contributed by atoms with Crippen molar-refractivity contribution in [3.63, 3.8) is 0 Å². The highest BCUT2D eigenvalue weighted by Gasteiger charge is 2.25. The molecule has 1 aromatic heterocycles. The minimum absolute atomic E-state index is 0.211. The molecule has 0 fully saturated rings. The van der Waals surface area contributed by atoms with Gasteiger partial charge in [0.15, 0.2) is 0 Å². The van der Waals surface area contributed by atoms with Crippen LogP contribution < -0.4 is 10.1 Å². The smallest absolute Gasteiger partial charge is 0.119 e. The molecule has 0 spiro atoms. The van der Waals surface area contributed by atoms with Crippen LogP contribution in [0.25, 0.3) is 21.7 Å². The van der Waals surface area contributed by atoms with Gasteiger partial charge in [-0.25, -0.2) is 0 Å². The fourth-order valence-corrected chi connectivity index (χ4v) is 4.01. The monoisotopic (exact) mass is 328 g/mol. The van der Waals surface area contributed by atoms with E-state index in [0.717, 1.165) is 18.7 Å². The van der Waals surface area contributed by atoms with Crippen molar-refractivity contribution in [2.75, 3.05) is 13.7 Å². The van der Waals surface area contributed by atoms with Crippen molar-refractivity contribution in [2.45, 2.75) is 12.5 Å². The largest absolute Gasteiger partial charge is 0.497 e. The second kappa shape index (κ2) is 5.64. The first-order chi connectivity index (χ1) is 12.3. The van der Waals surface area contributed by atoms with Crippen LogP contribution in [-0.2, 0) is 6.42 Å². The summed E-state index contributed by atoms with van der Waals surface area (Å²) in [5.41, 5.74) is 5.28. The molecule has 1 aliphatic heterocycles. The van der Waals surface area contributed by atoms with Crippen LogP contribution in [0, 0.1) is 0 Å². The van der Waals surface area contributed by atoms with E-state index in [1.165, 1.54) is 38.5 Å². The Morgan fingerprint density at radius 2 is 1.80 bits per heavy atom. The van der Waals surface area contributed by atoms with E-state index in [0.29, 0.717) is 0 Å². The van der Waals surface area contributed by atoms with Gasteiger partial charge in [-0.1, -0.05) is 36.4 Å². The van der Waals surface area contributed by atoms with Crippen molar-refractivity contribution < 1.29 is 4.74 Å². The molecule has 4 aromatic rings. The van der Waals surface area contributed by atoms with Crippen LogP contribution in [0.5, 0.6) is 5.75 Å². The minimum atomic E-state index is 0.211. The molecule has 1 unspecified atom stereocenters. The summed E-state index contributed by atoms with van der Waals surface area (Å²) in [4.78, 5) is 3.65. The molecule has 25 heavy (non-hydrogen) atoms.